The number of hydrogen-bond acceptors (Lipinski definition) is 15. The first-order valence-corrected chi connectivity index (χ1v) is 26.8. The summed E-state index contributed by atoms with van der Waals surface area (Å²) in [5.41, 5.74) is 2.28. The second kappa shape index (κ2) is 22.7. The van der Waals surface area contributed by atoms with Crippen LogP contribution in [0.3, 0.4) is 0 Å². The average Bonchev–Trinajstić information content (AvgIpc) is 3.96. The molecule has 2 fully saturated rings. The van der Waals surface area contributed by atoms with E-state index in [9.17, 15) is 15.0 Å². The standard InChI is InChI=1S/C59H62N4O10S2/c1-59(2,3)73-58(66)63-30-28-61(29-31-63)32-34-69-43-17-21-46(22-18-43)72-54-48-24-25-50(65)52(57(48)75-56(54)39-8-13-42(68-5)14-9-39)49-37-62(27-26-60-49)33-35-70-44-15-19-45(20-16-44)71-53-47-23-10-40(64)36-51(47)74-55(53)38-6-11-41(67-4)12-7-38/h6-25,36,49,60,64-65H,26-35,37H2,1-5H3. The maximum Gasteiger partial charge on any atom is 0.410 e. The van der Waals surface area contributed by atoms with Crippen LogP contribution in [-0.4, -0.2) is 123 Å². The van der Waals surface area contributed by atoms with Crippen LogP contribution in [0.15, 0.2) is 127 Å². The second-order valence-corrected chi connectivity index (χ2v) is 21.6. The molecule has 0 spiro atoms. The van der Waals surface area contributed by atoms with Gasteiger partial charge in [-0.3, -0.25) is 9.80 Å². The molecule has 1 amide bonds. The molecule has 10 rings (SSSR count). The number of fused-ring (bicyclic) bond motifs is 2. The number of rotatable bonds is 17. The van der Waals surface area contributed by atoms with Gasteiger partial charge in [0, 0.05) is 84.6 Å². The van der Waals surface area contributed by atoms with Gasteiger partial charge < -0.3 is 53.6 Å². The van der Waals surface area contributed by atoms with Gasteiger partial charge in [-0.05, 0) is 159 Å². The van der Waals surface area contributed by atoms with Gasteiger partial charge in [-0.15, -0.1) is 22.7 Å². The van der Waals surface area contributed by atoms with Crippen molar-refractivity contribution in [1.29, 1.82) is 0 Å². The third-order valence-electron chi connectivity index (χ3n) is 13.2. The maximum atomic E-state index is 12.5. The lowest BCUT2D eigenvalue weighted by Gasteiger charge is -2.35. The fraction of sp³-hybridized carbons (Fsp3) is 0.305. The molecule has 0 bridgehead atoms. The van der Waals surface area contributed by atoms with Gasteiger partial charge in [-0.25, -0.2) is 4.79 Å². The van der Waals surface area contributed by atoms with Gasteiger partial charge >= 0.3 is 6.09 Å². The lowest BCUT2D eigenvalue weighted by Crippen LogP contribution is -2.50. The van der Waals surface area contributed by atoms with Crippen molar-refractivity contribution in [2.45, 2.75) is 32.4 Å². The smallest absolute Gasteiger partial charge is 0.410 e. The minimum absolute atomic E-state index is 0.153. The van der Waals surface area contributed by atoms with Gasteiger partial charge in [0.25, 0.3) is 0 Å². The third-order valence-corrected chi connectivity index (χ3v) is 15.7. The molecule has 2 aromatic heterocycles. The zero-order valence-corrected chi connectivity index (χ0v) is 44.4. The monoisotopic (exact) mass is 1050 g/mol. The molecule has 390 valence electrons. The van der Waals surface area contributed by atoms with E-state index in [1.54, 1.807) is 60.0 Å². The molecule has 14 nitrogen and oxygen atoms in total. The van der Waals surface area contributed by atoms with Gasteiger partial charge in [0.2, 0.25) is 0 Å². The Labute approximate surface area is 445 Å². The van der Waals surface area contributed by atoms with Gasteiger partial charge in [0.05, 0.1) is 30.0 Å². The molecule has 8 aromatic rings. The number of nitrogens with one attached hydrogen (secondary N) is 1. The van der Waals surface area contributed by atoms with Crippen LogP contribution in [-0.2, 0) is 4.74 Å². The number of benzene rings is 6. The van der Waals surface area contributed by atoms with E-state index in [0.717, 1.165) is 108 Å². The van der Waals surface area contributed by atoms with Gasteiger partial charge in [-0.1, -0.05) is 0 Å². The fourth-order valence-corrected chi connectivity index (χ4v) is 11.8. The zero-order valence-electron chi connectivity index (χ0n) is 42.8. The predicted octanol–water partition coefficient (Wildman–Crippen LogP) is 12.4. The Morgan fingerprint density at radius 3 is 1.71 bits per heavy atom. The average molecular weight is 1050 g/mol. The SMILES string of the molecule is COc1ccc(-c2sc3cc(O)ccc3c2Oc2ccc(OCCN3CCNC(c4c(O)ccc5c(Oc6ccc(OCCN7CCN(C(=O)OC(C)(C)C)CC7)cc6)c(-c6ccc(OC)cc6)sc45)C3)cc2)cc1. The quantitative estimate of drug-likeness (QED) is 0.0797. The number of phenols is 2. The molecule has 3 N–H and O–H groups in total. The lowest BCUT2D eigenvalue weighted by molar-refractivity contribution is 0.0137. The molecule has 2 aliphatic heterocycles. The van der Waals surface area contributed by atoms with E-state index in [1.165, 1.54) is 0 Å². The number of methoxy groups -OCH3 is 2. The highest BCUT2D eigenvalue weighted by atomic mass is 32.1. The van der Waals surface area contributed by atoms with Crippen molar-refractivity contribution in [3.05, 3.63) is 133 Å². The number of phenolic OH excluding ortho intramolecular Hbond substituents is 2. The molecule has 2 saturated heterocycles. The molecule has 0 radical (unpaired) electrons. The molecule has 75 heavy (non-hydrogen) atoms. The molecule has 4 heterocycles. The Morgan fingerprint density at radius 2 is 1.13 bits per heavy atom. The van der Waals surface area contributed by atoms with E-state index in [1.807, 2.05) is 130 Å². The van der Waals surface area contributed by atoms with Crippen LogP contribution in [0.2, 0.25) is 0 Å². The molecule has 0 saturated carbocycles. The summed E-state index contributed by atoms with van der Waals surface area (Å²) < 4.78 is 44.1. The van der Waals surface area contributed by atoms with Gasteiger partial charge in [-0.2, -0.15) is 0 Å². The lowest BCUT2D eigenvalue weighted by atomic mass is 10.0. The third kappa shape index (κ3) is 12.2. The molecule has 16 heteroatoms. The topological polar surface area (TPSA) is 144 Å². The van der Waals surface area contributed by atoms with Gasteiger partial charge in [0.1, 0.15) is 64.8 Å². The van der Waals surface area contributed by atoms with Crippen molar-refractivity contribution in [1.82, 2.24) is 20.0 Å². The Hall–Kier alpha value is -7.21. The number of amides is 1. The number of piperazine rings is 2. The minimum Gasteiger partial charge on any atom is -0.508 e. The second-order valence-electron chi connectivity index (χ2n) is 19.5. The summed E-state index contributed by atoms with van der Waals surface area (Å²) in [6.45, 7) is 13.1. The summed E-state index contributed by atoms with van der Waals surface area (Å²) in [6, 6.07) is 40.0. The molecule has 6 aromatic carbocycles. The summed E-state index contributed by atoms with van der Waals surface area (Å²) in [5.74, 6) is 6.18. The van der Waals surface area contributed by atoms with Crippen LogP contribution >= 0.6 is 22.7 Å². The van der Waals surface area contributed by atoms with E-state index in [2.05, 4.69) is 15.1 Å². The maximum absolute atomic E-state index is 12.5. The molecular formula is C59H62N4O10S2. The van der Waals surface area contributed by atoms with Crippen molar-refractivity contribution in [3.8, 4) is 78.4 Å². The minimum atomic E-state index is -0.514. The number of carbonyl (C=O) groups is 1. The summed E-state index contributed by atoms with van der Waals surface area (Å²) in [4.78, 5) is 20.8. The Balaban J connectivity index is 0.786. The van der Waals surface area contributed by atoms with Gasteiger partial charge in [0.15, 0.2) is 11.5 Å². The zero-order chi connectivity index (χ0) is 52.1. The number of thiophene rings is 2. The molecule has 0 aliphatic carbocycles. The van der Waals surface area contributed by atoms with E-state index in [0.29, 0.717) is 56.6 Å². The van der Waals surface area contributed by atoms with E-state index < -0.39 is 5.60 Å². The number of carbonyl (C=O) groups excluding carboxylic acids is 1. The van der Waals surface area contributed by atoms with Crippen LogP contribution in [0, 0.1) is 0 Å². The normalized spacial score (nSPS) is 15.5. The molecule has 2 aliphatic rings. The number of ether oxygens (including phenoxy) is 7. The Bertz CT molecular complexity index is 3220. The Kier molecular flexibility index (Phi) is 15.5. The van der Waals surface area contributed by atoms with Crippen LogP contribution < -0.4 is 33.7 Å². The first-order chi connectivity index (χ1) is 36.4. The number of aromatic hydroxyl groups is 2. The highest BCUT2D eigenvalue weighted by Gasteiger charge is 2.29. The first kappa shape index (κ1) is 51.3. The highest BCUT2D eigenvalue weighted by Crippen LogP contribution is 2.51. The molecule has 1 unspecified atom stereocenters. The van der Waals surface area contributed by atoms with Crippen molar-refractivity contribution in [2.24, 2.45) is 0 Å². The predicted molar refractivity (Wildman–Crippen MR) is 296 cm³/mol. The van der Waals surface area contributed by atoms with E-state index in [4.69, 9.17) is 33.2 Å². The number of hydrogen-bond donors (Lipinski definition) is 3. The fourth-order valence-electron chi connectivity index (χ4n) is 9.33. The highest BCUT2D eigenvalue weighted by molar-refractivity contribution is 7.23. The number of nitrogens with zero attached hydrogens (tertiary/aromatic N) is 3. The summed E-state index contributed by atoms with van der Waals surface area (Å²) in [5, 5.41) is 27.4. The first-order valence-electron chi connectivity index (χ1n) is 25.2. The largest absolute Gasteiger partial charge is 0.508 e. The molecule has 1 atom stereocenters. The van der Waals surface area contributed by atoms with Crippen LogP contribution in [0.5, 0.6) is 57.5 Å². The summed E-state index contributed by atoms with van der Waals surface area (Å²) in [6.07, 6.45) is -0.264. The Morgan fingerprint density at radius 1 is 0.613 bits per heavy atom. The van der Waals surface area contributed by atoms with Crippen molar-refractivity contribution in [3.63, 3.8) is 0 Å². The molecular weight excluding hydrogens is 989 g/mol. The summed E-state index contributed by atoms with van der Waals surface area (Å²) in [7, 11) is 3.30. The van der Waals surface area contributed by atoms with Crippen molar-refractivity contribution in [2.75, 3.05) is 86.3 Å². The van der Waals surface area contributed by atoms with Crippen LogP contribution in [0.1, 0.15) is 32.4 Å². The van der Waals surface area contributed by atoms with Crippen LogP contribution in [0.25, 0.3) is 41.1 Å². The van der Waals surface area contributed by atoms with Crippen molar-refractivity contribution >= 4 is 48.9 Å². The summed E-state index contributed by atoms with van der Waals surface area (Å²) >= 11 is 3.17. The van der Waals surface area contributed by atoms with Crippen molar-refractivity contribution < 1.29 is 48.2 Å². The van der Waals surface area contributed by atoms with E-state index in [-0.39, 0.29) is 23.6 Å². The van der Waals surface area contributed by atoms with E-state index >= 15 is 0 Å². The van der Waals surface area contributed by atoms with Crippen LogP contribution in [0.4, 0.5) is 4.79 Å².